The number of hydrogen-bond donors (Lipinski definition) is 1. The van der Waals surface area contributed by atoms with Crippen LogP contribution in [0.4, 0.5) is 0 Å². The molecule has 0 aliphatic heterocycles. The van der Waals surface area contributed by atoms with Gasteiger partial charge in [-0.1, -0.05) is 35.8 Å². The first-order valence-corrected chi connectivity index (χ1v) is 8.87. The smallest absolute Gasteiger partial charge is 0.257 e. The molecule has 2 heterocycles. The number of nitrogens with two attached hydrogens (primary N) is 1. The van der Waals surface area contributed by atoms with Gasteiger partial charge in [-0.2, -0.15) is 4.98 Å². The molecule has 5 nitrogen and oxygen atoms in total. The summed E-state index contributed by atoms with van der Waals surface area (Å²) in [6, 6.07) is 13.9. The second kappa shape index (κ2) is 6.37. The van der Waals surface area contributed by atoms with E-state index in [0.29, 0.717) is 11.7 Å². The van der Waals surface area contributed by atoms with Crippen LogP contribution in [0.3, 0.4) is 0 Å². The lowest BCUT2D eigenvalue weighted by atomic mass is 9.99. The van der Waals surface area contributed by atoms with Gasteiger partial charge in [0.05, 0.1) is 5.54 Å². The Bertz CT molecular complexity index is 811. The van der Waals surface area contributed by atoms with Crippen LogP contribution in [0.25, 0.3) is 11.5 Å². The number of pyridine rings is 1. The van der Waals surface area contributed by atoms with Gasteiger partial charge in [-0.25, -0.2) is 4.98 Å². The summed E-state index contributed by atoms with van der Waals surface area (Å²) in [5, 5.41) is 5.08. The minimum atomic E-state index is -0.420. The van der Waals surface area contributed by atoms with Crippen molar-refractivity contribution in [2.24, 2.45) is 5.73 Å². The normalized spacial score (nSPS) is 16.4. The van der Waals surface area contributed by atoms with Crippen molar-refractivity contribution in [2.75, 3.05) is 0 Å². The lowest BCUT2D eigenvalue weighted by Crippen LogP contribution is -2.34. The first kappa shape index (κ1) is 15.4. The van der Waals surface area contributed by atoms with Crippen molar-refractivity contribution in [1.82, 2.24) is 15.1 Å². The van der Waals surface area contributed by atoms with Crippen LogP contribution >= 0.6 is 11.8 Å². The molecule has 4 rings (SSSR count). The molecule has 0 unspecified atom stereocenters. The number of nitrogens with zero attached hydrogens (tertiary/aromatic N) is 3. The summed E-state index contributed by atoms with van der Waals surface area (Å²) in [5.41, 5.74) is 6.87. The molecule has 0 spiro atoms. The standard InChI is InChI=1S/C18H18N4OS/c19-18(10-2-3-11-18)17-21-16(23-22-17)13-6-8-14(9-7-13)24-15-5-1-4-12-20-15/h1,4-9,12H,2-3,10-11,19H2. The molecule has 0 amide bonds. The number of aromatic nitrogens is 3. The van der Waals surface area contributed by atoms with Gasteiger partial charge in [0.15, 0.2) is 5.82 Å². The number of rotatable bonds is 4. The zero-order chi connectivity index (χ0) is 16.4. The van der Waals surface area contributed by atoms with Crippen LogP contribution < -0.4 is 5.73 Å². The minimum Gasteiger partial charge on any atom is -0.334 e. The van der Waals surface area contributed by atoms with Crippen molar-refractivity contribution in [3.05, 3.63) is 54.5 Å². The predicted octanol–water partition coefficient (Wildman–Crippen LogP) is 4.01. The fourth-order valence-corrected chi connectivity index (χ4v) is 3.74. The highest BCUT2D eigenvalue weighted by Gasteiger charge is 2.36. The highest BCUT2D eigenvalue weighted by atomic mass is 32.2. The first-order valence-electron chi connectivity index (χ1n) is 8.05. The zero-order valence-corrected chi connectivity index (χ0v) is 14.0. The summed E-state index contributed by atoms with van der Waals surface area (Å²) in [4.78, 5) is 9.96. The summed E-state index contributed by atoms with van der Waals surface area (Å²) in [6.45, 7) is 0. The molecule has 0 atom stereocenters. The third kappa shape index (κ3) is 3.07. The summed E-state index contributed by atoms with van der Waals surface area (Å²) in [6.07, 6.45) is 5.89. The molecule has 24 heavy (non-hydrogen) atoms. The maximum atomic E-state index is 6.39. The van der Waals surface area contributed by atoms with Gasteiger partial charge in [0.1, 0.15) is 5.03 Å². The third-order valence-electron chi connectivity index (χ3n) is 4.33. The minimum absolute atomic E-state index is 0.420. The molecule has 2 aromatic heterocycles. The van der Waals surface area contributed by atoms with E-state index in [1.807, 2.05) is 42.5 Å². The molecule has 6 heteroatoms. The topological polar surface area (TPSA) is 77.8 Å². The van der Waals surface area contributed by atoms with Crippen molar-refractivity contribution in [3.63, 3.8) is 0 Å². The Labute approximate surface area is 144 Å². The van der Waals surface area contributed by atoms with Gasteiger partial charge in [0, 0.05) is 16.7 Å². The molecule has 1 saturated carbocycles. The summed E-state index contributed by atoms with van der Waals surface area (Å²) >= 11 is 1.62. The average Bonchev–Trinajstić information content (AvgIpc) is 3.27. The fourth-order valence-electron chi connectivity index (χ4n) is 2.97. The van der Waals surface area contributed by atoms with E-state index < -0.39 is 5.54 Å². The van der Waals surface area contributed by atoms with Crippen LogP contribution in [-0.2, 0) is 5.54 Å². The Morgan fingerprint density at radius 2 is 1.83 bits per heavy atom. The second-order valence-corrected chi connectivity index (χ2v) is 7.17. The quantitative estimate of drug-likeness (QED) is 0.774. The molecule has 1 aliphatic carbocycles. The highest BCUT2D eigenvalue weighted by molar-refractivity contribution is 7.99. The van der Waals surface area contributed by atoms with E-state index in [1.165, 1.54) is 0 Å². The third-order valence-corrected chi connectivity index (χ3v) is 5.29. The van der Waals surface area contributed by atoms with E-state index >= 15 is 0 Å². The molecule has 0 bridgehead atoms. The molecule has 1 aliphatic rings. The molecular formula is C18H18N4OS. The van der Waals surface area contributed by atoms with Gasteiger partial charge in [0.25, 0.3) is 5.89 Å². The van der Waals surface area contributed by atoms with Gasteiger partial charge in [0.2, 0.25) is 0 Å². The van der Waals surface area contributed by atoms with Crippen LogP contribution in [-0.4, -0.2) is 15.1 Å². The Balaban J connectivity index is 1.52. The lowest BCUT2D eigenvalue weighted by molar-refractivity contribution is 0.372. The molecule has 0 saturated heterocycles. The van der Waals surface area contributed by atoms with Crippen LogP contribution in [0.15, 0.2) is 63.1 Å². The van der Waals surface area contributed by atoms with Crippen LogP contribution in [0.5, 0.6) is 0 Å². The predicted molar refractivity (Wildman–Crippen MR) is 92.4 cm³/mol. The van der Waals surface area contributed by atoms with Crippen molar-refractivity contribution in [1.29, 1.82) is 0 Å². The molecule has 1 fully saturated rings. The van der Waals surface area contributed by atoms with E-state index in [1.54, 1.807) is 18.0 Å². The summed E-state index contributed by atoms with van der Waals surface area (Å²) < 4.78 is 5.43. The fraction of sp³-hybridized carbons (Fsp3) is 0.278. The monoisotopic (exact) mass is 338 g/mol. The maximum Gasteiger partial charge on any atom is 0.257 e. The Hall–Kier alpha value is -2.18. The lowest BCUT2D eigenvalue weighted by Gasteiger charge is -2.17. The van der Waals surface area contributed by atoms with Crippen molar-refractivity contribution in [3.8, 4) is 11.5 Å². The van der Waals surface area contributed by atoms with Gasteiger partial charge in [-0.05, 0) is 49.2 Å². The Kier molecular flexibility index (Phi) is 4.08. The molecule has 1 aromatic carbocycles. The van der Waals surface area contributed by atoms with Crippen LogP contribution in [0.1, 0.15) is 31.5 Å². The molecule has 2 N–H and O–H groups in total. The average molecular weight is 338 g/mol. The van der Waals surface area contributed by atoms with Crippen molar-refractivity contribution < 1.29 is 4.52 Å². The van der Waals surface area contributed by atoms with E-state index in [-0.39, 0.29) is 0 Å². The summed E-state index contributed by atoms with van der Waals surface area (Å²) in [7, 11) is 0. The van der Waals surface area contributed by atoms with Gasteiger partial charge in [-0.3, -0.25) is 0 Å². The Morgan fingerprint density at radius 3 is 2.54 bits per heavy atom. The largest absolute Gasteiger partial charge is 0.334 e. The highest BCUT2D eigenvalue weighted by Crippen LogP contribution is 2.35. The second-order valence-electron chi connectivity index (χ2n) is 6.08. The summed E-state index contributed by atoms with van der Waals surface area (Å²) in [5.74, 6) is 1.15. The van der Waals surface area contributed by atoms with Crippen molar-refractivity contribution in [2.45, 2.75) is 41.1 Å². The van der Waals surface area contributed by atoms with E-state index in [4.69, 9.17) is 10.3 Å². The van der Waals surface area contributed by atoms with E-state index in [0.717, 1.165) is 41.2 Å². The van der Waals surface area contributed by atoms with Crippen LogP contribution in [0, 0.1) is 0 Å². The Morgan fingerprint density at radius 1 is 1.04 bits per heavy atom. The van der Waals surface area contributed by atoms with Gasteiger partial charge >= 0.3 is 0 Å². The number of benzene rings is 1. The van der Waals surface area contributed by atoms with E-state index in [9.17, 15) is 0 Å². The molecular weight excluding hydrogens is 320 g/mol. The maximum absolute atomic E-state index is 6.39. The molecule has 0 radical (unpaired) electrons. The number of hydrogen-bond acceptors (Lipinski definition) is 6. The van der Waals surface area contributed by atoms with Gasteiger partial charge < -0.3 is 10.3 Å². The first-order chi connectivity index (χ1) is 11.7. The van der Waals surface area contributed by atoms with Crippen LogP contribution in [0.2, 0.25) is 0 Å². The zero-order valence-electron chi connectivity index (χ0n) is 13.2. The SMILES string of the molecule is NC1(c2noc(-c3ccc(Sc4ccccn4)cc3)n2)CCCC1. The molecule has 3 aromatic rings. The van der Waals surface area contributed by atoms with Crippen molar-refractivity contribution >= 4 is 11.8 Å². The van der Waals surface area contributed by atoms with E-state index in [2.05, 4.69) is 15.1 Å². The van der Waals surface area contributed by atoms with Gasteiger partial charge in [-0.15, -0.1) is 0 Å². The molecule has 122 valence electrons.